The van der Waals surface area contributed by atoms with E-state index in [9.17, 15) is 9.59 Å². The molecule has 0 heterocycles. The molecule has 0 aromatic heterocycles. The first-order chi connectivity index (χ1) is 12.0. The van der Waals surface area contributed by atoms with Crippen LogP contribution in [0, 0.1) is 6.92 Å². The second-order valence-electron chi connectivity index (χ2n) is 5.89. The molecule has 0 bridgehead atoms. The number of unbranched alkanes of at least 4 members (excludes halogenated alkanes) is 1. The molecule has 0 saturated carbocycles. The zero-order chi connectivity index (χ0) is 18.2. The van der Waals surface area contributed by atoms with Gasteiger partial charge in [-0.1, -0.05) is 31.0 Å². The molecule has 0 atom stereocenters. The third kappa shape index (κ3) is 5.35. The Labute approximate surface area is 148 Å². The highest BCUT2D eigenvalue weighted by Crippen LogP contribution is 2.28. The summed E-state index contributed by atoms with van der Waals surface area (Å²) in [6.45, 7) is 4.01. The van der Waals surface area contributed by atoms with Crippen LogP contribution in [-0.2, 0) is 4.79 Å². The lowest BCUT2D eigenvalue weighted by molar-refractivity contribution is -0.116. The Morgan fingerprint density at radius 1 is 1.04 bits per heavy atom. The zero-order valence-electron chi connectivity index (χ0n) is 14.9. The van der Waals surface area contributed by atoms with Crippen molar-refractivity contribution in [2.75, 3.05) is 17.7 Å². The Morgan fingerprint density at radius 2 is 1.76 bits per heavy atom. The van der Waals surface area contributed by atoms with Gasteiger partial charge < -0.3 is 15.4 Å². The number of benzene rings is 2. The molecule has 2 N–H and O–H groups in total. The zero-order valence-corrected chi connectivity index (χ0v) is 14.9. The summed E-state index contributed by atoms with van der Waals surface area (Å²) in [5, 5.41) is 5.67. The molecule has 25 heavy (non-hydrogen) atoms. The molecule has 0 spiro atoms. The molecule has 0 radical (unpaired) electrons. The number of hydrogen-bond acceptors (Lipinski definition) is 3. The van der Waals surface area contributed by atoms with E-state index in [1.807, 2.05) is 26.0 Å². The molecule has 0 aliphatic heterocycles. The quantitative estimate of drug-likeness (QED) is 0.786. The molecule has 0 aliphatic carbocycles. The maximum atomic E-state index is 12.3. The SMILES string of the molecule is CCCCC(=O)Nc1ccc(NC(=O)c2ccc(C)cc2)cc1OC. The van der Waals surface area contributed by atoms with Gasteiger partial charge in [0, 0.05) is 23.7 Å². The maximum Gasteiger partial charge on any atom is 0.255 e. The van der Waals surface area contributed by atoms with Gasteiger partial charge in [-0.25, -0.2) is 0 Å². The lowest BCUT2D eigenvalue weighted by Crippen LogP contribution is -2.13. The van der Waals surface area contributed by atoms with Crippen LogP contribution in [0.5, 0.6) is 5.75 Å². The smallest absolute Gasteiger partial charge is 0.255 e. The fourth-order valence-electron chi connectivity index (χ4n) is 2.33. The number of carbonyl (C=O) groups is 2. The molecule has 2 aromatic carbocycles. The molecule has 0 aliphatic rings. The van der Waals surface area contributed by atoms with Crippen LogP contribution in [0.15, 0.2) is 42.5 Å². The van der Waals surface area contributed by atoms with Crippen LogP contribution in [0.1, 0.15) is 42.1 Å². The Balaban J connectivity index is 2.08. The number of anilines is 2. The van der Waals surface area contributed by atoms with Crippen molar-refractivity contribution in [3.63, 3.8) is 0 Å². The normalized spacial score (nSPS) is 10.2. The highest BCUT2D eigenvalue weighted by molar-refractivity contribution is 6.04. The van der Waals surface area contributed by atoms with Crippen LogP contribution in [0.3, 0.4) is 0 Å². The third-order valence-electron chi connectivity index (χ3n) is 3.80. The molecule has 2 amide bonds. The third-order valence-corrected chi connectivity index (χ3v) is 3.80. The Kier molecular flexibility index (Phi) is 6.57. The predicted molar refractivity (Wildman–Crippen MR) is 100 cm³/mol. The minimum absolute atomic E-state index is 0.0448. The summed E-state index contributed by atoms with van der Waals surface area (Å²) in [5.41, 5.74) is 2.88. The van der Waals surface area contributed by atoms with Gasteiger partial charge in [0.05, 0.1) is 12.8 Å². The van der Waals surface area contributed by atoms with Crippen LogP contribution < -0.4 is 15.4 Å². The molecule has 0 saturated heterocycles. The van der Waals surface area contributed by atoms with E-state index in [0.29, 0.717) is 29.1 Å². The van der Waals surface area contributed by atoms with E-state index < -0.39 is 0 Å². The van der Waals surface area contributed by atoms with Gasteiger partial charge in [-0.05, 0) is 37.6 Å². The van der Waals surface area contributed by atoms with Crippen LogP contribution in [-0.4, -0.2) is 18.9 Å². The van der Waals surface area contributed by atoms with Crippen molar-refractivity contribution in [1.29, 1.82) is 0 Å². The molecule has 0 unspecified atom stereocenters. The number of carbonyl (C=O) groups excluding carboxylic acids is 2. The molecular weight excluding hydrogens is 316 g/mol. The topological polar surface area (TPSA) is 67.4 Å². The summed E-state index contributed by atoms with van der Waals surface area (Å²) >= 11 is 0. The highest BCUT2D eigenvalue weighted by atomic mass is 16.5. The largest absolute Gasteiger partial charge is 0.494 e. The number of rotatable bonds is 7. The van der Waals surface area contributed by atoms with Crippen molar-refractivity contribution in [3.05, 3.63) is 53.6 Å². The molecule has 132 valence electrons. The van der Waals surface area contributed by atoms with Crippen molar-refractivity contribution in [2.24, 2.45) is 0 Å². The lowest BCUT2D eigenvalue weighted by Gasteiger charge is -2.13. The van der Waals surface area contributed by atoms with Crippen molar-refractivity contribution in [2.45, 2.75) is 33.1 Å². The molecule has 5 nitrogen and oxygen atoms in total. The van der Waals surface area contributed by atoms with Crippen LogP contribution >= 0.6 is 0 Å². The average molecular weight is 340 g/mol. The first-order valence-electron chi connectivity index (χ1n) is 8.39. The van der Waals surface area contributed by atoms with Gasteiger partial charge in [-0.15, -0.1) is 0 Å². The van der Waals surface area contributed by atoms with Gasteiger partial charge in [0.1, 0.15) is 5.75 Å². The summed E-state index contributed by atoms with van der Waals surface area (Å²) in [5.74, 6) is 0.268. The number of methoxy groups -OCH3 is 1. The Hall–Kier alpha value is -2.82. The fourth-order valence-corrected chi connectivity index (χ4v) is 2.33. The van der Waals surface area contributed by atoms with Crippen molar-refractivity contribution in [1.82, 2.24) is 0 Å². The summed E-state index contributed by atoms with van der Waals surface area (Å²) in [6.07, 6.45) is 2.29. The van der Waals surface area contributed by atoms with E-state index in [2.05, 4.69) is 10.6 Å². The van der Waals surface area contributed by atoms with Gasteiger partial charge in [0.25, 0.3) is 5.91 Å². The standard InChI is InChI=1S/C20H24N2O3/c1-4-5-6-19(23)22-17-12-11-16(13-18(17)25-3)21-20(24)15-9-7-14(2)8-10-15/h7-13H,4-6H2,1-3H3,(H,21,24)(H,22,23). The highest BCUT2D eigenvalue weighted by Gasteiger charge is 2.11. The fraction of sp³-hybridized carbons (Fsp3) is 0.300. The summed E-state index contributed by atoms with van der Waals surface area (Å²) in [7, 11) is 1.53. The second kappa shape index (κ2) is 8.87. The number of hydrogen-bond donors (Lipinski definition) is 2. The number of amides is 2. The monoisotopic (exact) mass is 340 g/mol. The average Bonchev–Trinajstić information content (AvgIpc) is 2.61. The van der Waals surface area contributed by atoms with E-state index in [4.69, 9.17) is 4.74 Å². The molecule has 5 heteroatoms. The second-order valence-corrected chi connectivity index (χ2v) is 5.89. The number of ether oxygens (including phenoxy) is 1. The Morgan fingerprint density at radius 3 is 2.40 bits per heavy atom. The van der Waals surface area contributed by atoms with E-state index >= 15 is 0 Å². The van der Waals surface area contributed by atoms with Crippen molar-refractivity contribution in [3.8, 4) is 5.75 Å². The molecule has 2 rings (SSSR count). The van der Waals surface area contributed by atoms with Crippen LogP contribution in [0.2, 0.25) is 0 Å². The van der Waals surface area contributed by atoms with Gasteiger partial charge >= 0.3 is 0 Å². The Bertz CT molecular complexity index is 739. The summed E-state index contributed by atoms with van der Waals surface area (Å²) in [4.78, 5) is 24.2. The molecular formula is C20H24N2O3. The summed E-state index contributed by atoms with van der Waals surface area (Å²) < 4.78 is 5.33. The first kappa shape index (κ1) is 18.5. The van der Waals surface area contributed by atoms with Gasteiger partial charge in [-0.2, -0.15) is 0 Å². The lowest BCUT2D eigenvalue weighted by atomic mass is 10.1. The van der Waals surface area contributed by atoms with E-state index in [0.717, 1.165) is 18.4 Å². The van der Waals surface area contributed by atoms with Crippen molar-refractivity contribution >= 4 is 23.2 Å². The van der Waals surface area contributed by atoms with E-state index in [-0.39, 0.29) is 11.8 Å². The van der Waals surface area contributed by atoms with Crippen LogP contribution in [0.25, 0.3) is 0 Å². The van der Waals surface area contributed by atoms with Crippen molar-refractivity contribution < 1.29 is 14.3 Å². The maximum absolute atomic E-state index is 12.3. The molecule has 0 fully saturated rings. The predicted octanol–water partition coefficient (Wildman–Crippen LogP) is 4.38. The number of aryl methyl sites for hydroxylation is 1. The summed E-state index contributed by atoms with van der Waals surface area (Å²) in [6, 6.07) is 12.5. The van der Waals surface area contributed by atoms with Gasteiger partial charge in [0.2, 0.25) is 5.91 Å². The van der Waals surface area contributed by atoms with E-state index in [1.54, 1.807) is 30.3 Å². The minimum atomic E-state index is -0.193. The van der Waals surface area contributed by atoms with Crippen LogP contribution in [0.4, 0.5) is 11.4 Å². The van der Waals surface area contributed by atoms with Gasteiger partial charge in [0.15, 0.2) is 0 Å². The minimum Gasteiger partial charge on any atom is -0.494 e. The first-order valence-corrected chi connectivity index (χ1v) is 8.39. The van der Waals surface area contributed by atoms with E-state index in [1.165, 1.54) is 7.11 Å². The van der Waals surface area contributed by atoms with Gasteiger partial charge in [-0.3, -0.25) is 9.59 Å². The number of nitrogens with one attached hydrogen (secondary N) is 2. The molecule has 2 aromatic rings.